The fraction of sp³-hybridized carbons (Fsp3) is 0.308. The van der Waals surface area contributed by atoms with Gasteiger partial charge in [0.05, 0.1) is 18.8 Å². The van der Waals surface area contributed by atoms with Crippen molar-refractivity contribution in [2.45, 2.75) is 43.4 Å². The standard InChI is InChI=1S/C39H38F3N7O4/c40-28-11-13-30(14-12-28)53-35-33(43)37(51)49(25-45-35)23-38(52)17-20-48(24-39(38,41)42)36(50)31-16-19-47(22-32(31)26-7-3-1-4-8-26)21-29-15-18-44-34(46-29)27-9-5-2-6-10-27/h1-15,18,25,31-32,52H,16-17,19-24,43H2/t31-,32+,38+/m1/s1. The summed E-state index contributed by atoms with van der Waals surface area (Å²) in [6.07, 6.45) is 2.65. The van der Waals surface area contributed by atoms with Gasteiger partial charge in [0.1, 0.15) is 23.5 Å². The zero-order valence-electron chi connectivity index (χ0n) is 28.7. The number of hydrogen-bond acceptors (Lipinski definition) is 9. The van der Waals surface area contributed by atoms with Gasteiger partial charge in [-0.15, -0.1) is 0 Å². The molecule has 3 N–H and O–H groups in total. The lowest BCUT2D eigenvalue weighted by Gasteiger charge is -2.46. The molecule has 11 nitrogen and oxygen atoms in total. The Morgan fingerprint density at radius 3 is 2.40 bits per heavy atom. The molecule has 2 saturated heterocycles. The molecule has 2 aliphatic heterocycles. The van der Waals surface area contributed by atoms with E-state index in [1.807, 2.05) is 66.7 Å². The molecule has 0 radical (unpaired) electrons. The smallest absolute Gasteiger partial charge is 0.295 e. The van der Waals surface area contributed by atoms with E-state index in [0.717, 1.165) is 44.7 Å². The number of anilines is 1. The third-order valence-corrected chi connectivity index (χ3v) is 10.0. The summed E-state index contributed by atoms with van der Waals surface area (Å²) in [6.45, 7) is -0.376. The number of aliphatic hydroxyl groups is 1. The molecular formula is C39H38F3N7O4. The van der Waals surface area contributed by atoms with Crippen molar-refractivity contribution in [3.63, 3.8) is 0 Å². The zero-order valence-corrected chi connectivity index (χ0v) is 28.7. The number of likely N-dealkylation sites (tertiary alicyclic amines) is 2. The van der Waals surface area contributed by atoms with Crippen molar-refractivity contribution in [3.8, 4) is 23.0 Å². The number of rotatable bonds is 9. The number of aromatic nitrogens is 4. The number of ether oxygens (including phenoxy) is 1. The summed E-state index contributed by atoms with van der Waals surface area (Å²) in [5.41, 5.74) is 4.58. The van der Waals surface area contributed by atoms with Gasteiger partial charge in [-0.05, 0) is 48.9 Å². The van der Waals surface area contributed by atoms with Crippen LogP contribution in [0.25, 0.3) is 11.4 Å². The van der Waals surface area contributed by atoms with Crippen LogP contribution in [0, 0.1) is 11.7 Å². The Bertz CT molecular complexity index is 2120. The van der Waals surface area contributed by atoms with Crippen LogP contribution in [0.3, 0.4) is 0 Å². The molecule has 274 valence electrons. The topological polar surface area (TPSA) is 140 Å². The summed E-state index contributed by atoms with van der Waals surface area (Å²) < 4.78 is 51.4. The average molecular weight is 726 g/mol. The molecule has 0 unspecified atom stereocenters. The van der Waals surface area contributed by atoms with Crippen molar-refractivity contribution in [2.75, 3.05) is 31.9 Å². The lowest BCUT2D eigenvalue weighted by molar-refractivity contribution is -0.223. The number of alkyl halides is 2. The van der Waals surface area contributed by atoms with Crippen molar-refractivity contribution in [1.29, 1.82) is 0 Å². The molecular weight excluding hydrogens is 687 g/mol. The summed E-state index contributed by atoms with van der Waals surface area (Å²) in [4.78, 5) is 43.7. The maximum absolute atomic E-state index is 15.9. The molecule has 53 heavy (non-hydrogen) atoms. The molecule has 0 spiro atoms. The Labute approximate surface area is 303 Å². The molecule has 7 rings (SSSR count). The molecule has 2 aromatic heterocycles. The highest BCUT2D eigenvalue weighted by Gasteiger charge is 2.57. The summed E-state index contributed by atoms with van der Waals surface area (Å²) in [5.74, 6) is -5.02. The van der Waals surface area contributed by atoms with Gasteiger partial charge in [0.25, 0.3) is 11.5 Å². The second-order valence-electron chi connectivity index (χ2n) is 13.6. The van der Waals surface area contributed by atoms with Crippen molar-refractivity contribution < 1.29 is 27.8 Å². The minimum Gasteiger partial charge on any atom is -0.437 e. The lowest BCUT2D eigenvalue weighted by atomic mass is 9.78. The van der Waals surface area contributed by atoms with Crippen molar-refractivity contribution >= 4 is 11.6 Å². The first kappa shape index (κ1) is 35.8. The first-order valence-electron chi connectivity index (χ1n) is 17.3. The molecule has 14 heteroatoms. The fourth-order valence-electron chi connectivity index (χ4n) is 7.10. The Balaban J connectivity index is 1.04. The first-order valence-corrected chi connectivity index (χ1v) is 17.3. The van der Waals surface area contributed by atoms with Crippen LogP contribution in [0.5, 0.6) is 11.6 Å². The van der Waals surface area contributed by atoms with Crippen molar-refractivity contribution in [2.24, 2.45) is 5.92 Å². The molecule has 3 atom stereocenters. The molecule has 2 fully saturated rings. The van der Waals surface area contributed by atoms with Gasteiger partial charge in [-0.1, -0.05) is 60.7 Å². The van der Waals surface area contributed by atoms with E-state index in [1.165, 1.54) is 12.1 Å². The average Bonchev–Trinajstić information content (AvgIpc) is 3.17. The highest BCUT2D eigenvalue weighted by atomic mass is 19.3. The summed E-state index contributed by atoms with van der Waals surface area (Å²) in [7, 11) is 0. The number of amides is 1. The monoisotopic (exact) mass is 725 g/mol. The molecule has 3 aromatic carbocycles. The van der Waals surface area contributed by atoms with Crippen LogP contribution in [0.15, 0.2) is 108 Å². The highest BCUT2D eigenvalue weighted by Crippen LogP contribution is 2.41. The van der Waals surface area contributed by atoms with Gasteiger partial charge in [-0.2, -0.15) is 0 Å². The van der Waals surface area contributed by atoms with E-state index in [1.54, 1.807) is 6.20 Å². The number of nitrogen functional groups attached to an aromatic ring is 1. The van der Waals surface area contributed by atoms with E-state index in [-0.39, 0.29) is 24.1 Å². The number of carbonyl (C=O) groups is 1. The summed E-state index contributed by atoms with van der Waals surface area (Å²) >= 11 is 0. The SMILES string of the molecule is Nc1c(Oc2ccc(F)cc2)ncn(C[C@@]2(O)CCN(C(=O)[C@@H]3CCN(Cc4ccnc(-c5ccccc5)n4)C[C@H]3c3ccccc3)CC2(F)F)c1=O. The van der Waals surface area contributed by atoms with E-state index < -0.39 is 59.9 Å². The van der Waals surface area contributed by atoms with E-state index >= 15 is 8.78 Å². The molecule has 0 aliphatic carbocycles. The maximum atomic E-state index is 15.9. The van der Waals surface area contributed by atoms with Gasteiger partial charge < -0.3 is 20.5 Å². The Hall–Kier alpha value is -5.60. The van der Waals surface area contributed by atoms with Crippen LogP contribution in [0.4, 0.5) is 18.9 Å². The molecule has 1 amide bonds. The third kappa shape index (κ3) is 7.64. The number of nitrogens with two attached hydrogens (primary N) is 1. The zero-order chi connectivity index (χ0) is 37.2. The lowest BCUT2D eigenvalue weighted by Crippen LogP contribution is -2.64. The molecule has 0 bridgehead atoms. The van der Waals surface area contributed by atoms with E-state index in [2.05, 4.69) is 14.9 Å². The van der Waals surface area contributed by atoms with E-state index in [9.17, 15) is 19.1 Å². The quantitative estimate of drug-likeness (QED) is 0.212. The van der Waals surface area contributed by atoms with Gasteiger partial charge in [0.15, 0.2) is 11.5 Å². The van der Waals surface area contributed by atoms with Gasteiger partial charge in [0.2, 0.25) is 11.8 Å². The van der Waals surface area contributed by atoms with E-state index in [0.29, 0.717) is 31.9 Å². The van der Waals surface area contributed by atoms with Crippen LogP contribution in [0.2, 0.25) is 0 Å². The fourth-order valence-corrected chi connectivity index (χ4v) is 7.10. The number of nitrogens with zero attached hydrogens (tertiary/aromatic N) is 6. The van der Waals surface area contributed by atoms with Crippen LogP contribution < -0.4 is 16.0 Å². The molecule has 2 aliphatic rings. The second kappa shape index (κ2) is 14.8. The predicted octanol–water partition coefficient (Wildman–Crippen LogP) is 5.12. The van der Waals surface area contributed by atoms with Crippen LogP contribution >= 0.6 is 0 Å². The number of hydrogen-bond donors (Lipinski definition) is 2. The first-order chi connectivity index (χ1) is 25.5. The minimum absolute atomic E-state index is 0.140. The van der Waals surface area contributed by atoms with Crippen molar-refractivity contribution in [1.82, 2.24) is 29.3 Å². The number of halogens is 3. The van der Waals surface area contributed by atoms with Gasteiger partial charge in [-0.25, -0.2) is 28.1 Å². The molecule has 4 heterocycles. The maximum Gasteiger partial charge on any atom is 0.295 e. The Morgan fingerprint density at radius 1 is 0.962 bits per heavy atom. The number of piperidine rings is 2. The van der Waals surface area contributed by atoms with Gasteiger partial charge in [0, 0.05) is 49.7 Å². The number of benzene rings is 3. The predicted molar refractivity (Wildman–Crippen MR) is 191 cm³/mol. The second-order valence-corrected chi connectivity index (χ2v) is 13.6. The van der Waals surface area contributed by atoms with Crippen LogP contribution in [0.1, 0.15) is 30.0 Å². The van der Waals surface area contributed by atoms with Crippen LogP contribution in [-0.4, -0.2) is 78.0 Å². The van der Waals surface area contributed by atoms with Crippen LogP contribution in [-0.2, 0) is 17.9 Å². The normalized spacial score (nSPS) is 21.6. The third-order valence-electron chi connectivity index (χ3n) is 10.0. The number of carbonyl (C=O) groups excluding carboxylic acids is 1. The van der Waals surface area contributed by atoms with Gasteiger partial charge >= 0.3 is 0 Å². The summed E-state index contributed by atoms with van der Waals surface area (Å²) in [6, 6.07) is 26.1. The van der Waals surface area contributed by atoms with Gasteiger partial charge in [-0.3, -0.25) is 19.1 Å². The van der Waals surface area contributed by atoms with E-state index in [4.69, 9.17) is 15.5 Å². The Kier molecular flexibility index (Phi) is 9.99. The molecule has 0 saturated carbocycles. The van der Waals surface area contributed by atoms with Crippen molar-refractivity contribution in [3.05, 3.63) is 131 Å². The Morgan fingerprint density at radius 2 is 1.68 bits per heavy atom. The highest BCUT2D eigenvalue weighted by molar-refractivity contribution is 5.80. The largest absolute Gasteiger partial charge is 0.437 e. The minimum atomic E-state index is -3.77. The molecule has 5 aromatic rings. The summed E-state index contributed by atoms with van der Waals surface area (Å²) in [5, 5.41) is 11.3.